The zero-order valence-electron chi connectivity index (χ0n) is 16.3. The van der Waals surface area contributed by atoms with Crippen molar-refractivity contribution in [1.82, 2.24) is 15.5 Å². The molecule has 164 valence electrons. The number of carbonyl (C=O) groups excluding carboxylic acids is 1. The highest BCUT2D eigenvalue weighted by molar-refractivity contribution is 14.0. The Hall–Kier alpha value is -1.40. The Labute approximate surface area is 191 Å². The molecule has 1 aromatic rings. The van der Waals surface area contributed by atoms with Crippen LogP contribution in [-0.4, -0.2) is 63.3 Å². The van der Waals surface area contributed by atoms with Crippen LogP contribution in [0.5, 0.6) is 5.75 Å². The molecule has 0 aromatic heterocycles. The molecule has 1 heterocycles. The minimum absolute atomic E-state index is 0. The molecule has 0 bridgehead atoms. The van der Waals surface area contributed by atoms with E-state index in [0.717, 1.165) is 19.4 Å². The zero-order valence-corrected chi connectivity index (χ0v) is 19.4. The third-order valence-electron chi connectivity index (χ3n) is 4.07. The summed E-state index contributed by atoms with van der Waals surface area (Å²) in [4.78, 5) is 17.7. The summed E-state index contributed by atoms with van der Waals surface area (Å²) in [5.74, 6) is 0.246. The molecule has 2 N–H and O–H groups in total. The van der Waals surface area contributed by atoms with E-state index in [4.69, 9.17) is 16.3 Å². The monoisotopic (exact) mass is 546 g/mol. The molecular formula is C18H26ClF2IN4O3. The second-order valence-corrected chi connectivity index (χ2v) is 6.89. The first-order valence-electron chi connectivity index (χ1n) is 8.92. The van der Waals surface area contributed by atoms with Crippen LogP contribution in [-0.2, 0) is 16.1 Å². The number of nitrogens with zero attached hydrogens (tertiary/aromatic N) is 2. The predicted octanol–water partition coefficient (Wildman–Crippen LogP) is 2.86. The van der Waals surface area contributed by atoms with Gasteiger partial charge in [0.25, 0.3) is 0 Å². The van der Waals surface area contributed by atoms with E-state index in [0.29, 0.717) is 23.1 Å². The molecule has 11 heteroatoms. The van der Waals surface area contributed by atoms with Crippen LogP contribution in [0, 0.1) is 0 Å². The number of alkyl halides is 2. The van der Waals surface area contributed by atoms with Gasteiger partial charge >= 0.3 is 6.61 Å². The van der Waals surface area contributed by atoms with Gasteiger partial charge in [-0.2, -0.15) is 8.78 Å². The Bertz CT molecular complexity index is 689. The SMILES string of the molecule is CN(C)C(=O)CNC(=NCc1cc(Cl)ccc1OC(F)F)NCC1CCCO1.I. The number of amides is 1. The Balaban J connectivity index is 0.00000420. The van der Waals surface area contributed by atoms with Crippen LogP contribution in [0.2, 0.25) is 5.02 Å². The van der Waals surface area contributed by atoms with Crippen molar-refractivity contribution in [3.05, 3.63) is 28.8 Å². The highest BCUT2D eigenvalue weighted by Gasteiger charge is 2.16. The van der Waals surface area contributed by atoms with Crippen molar-refractivity contribution < 1.29 is 23.0 Å². The van der Waals surface area contributed by atoms with Crippen molar-refractivity contribution in [3.63, 3.8) is 0 Å². The molecule has 1 atom stereocenters. The Morgan fingerprint density at radius 2 is 2.17 bits per heavy atom. The summed E-state index contributed by atoms with van der Waals surface area (Å²) in [5, 5.41) is 6.45. The molecule has 0 radical (unpaired) electrons. The lowest BCUT2D eigenvalue weighted by molar-refractivity contribution is -0.127. The van der Waals surface area contributed by atoms with E-state index in [1.54, 1.807) is 14.1 Å². The van der Waals surface area contributed by atoms with Gasteiger partial charge in [-0.05, 0) is 31.0 Å². The molecule has 1 fully saturated rings. The topological polar surface area (TPSA) is 75.2 Å². The summed E-state index contributed by atoms with van der Waals surface area (Å²) in [6.07, 6.45) is 2.01. The largest absolute Gasteiger partial charge is 0.434 e. The van der Waals surface area contributed by atoms with Crippen LogP contribution in [0.3, 0.4) is 0 Å². The van der Waals surface area contributed by atoms with Crippen LogP contribution < -0.4 is 15.4 Å². The van der Waals surface area contributed by atoms with Crippen molar-refractivity contribution in [1.29, 1.82) is 0 Å². The van der Waals surface area contributed by atoms with Crippen LogP contribution >= 0.6 is 35.6 Å². The normalized spacial score (nSPS) is 16.3. The van der Waals surface area contributed by atoms with Crippen molar-refractivity contribution in [2.24, 2.45) is 4.99 Å². The third kappa shape index (κ3) is 9.30. The van der Waals surface area contributed by atoms with E-state index in [1.165, 1.54) is 23.1 Å². The van der Waals surface area contributed by atoms with Gasteiger partial charge in [-0.3, -0.25) is 4.79 Å². The molecular weight excluding hydrogens is 521 g/mol. The number of hydrogen-bond acceptors (Lipinski definition) is 4. The minimum atomic E-state index is -2.95. The summed E-state index contributed by atoms with van der Waals surface area (Å²) in [7, 11) is 3.31. The van der Waals surface area contributed by atoms with Gasteiger partial charge in [0.05, 0.1) is 19.2 Å². The Morgan fingerprint density at radius 1 is 1.41 bits per heavy atom. The molecule has 0 aliphatic carbocycles. The number of carbonyl (C=O) groups is 1. The number of nitrogens with one attached hydrogen (secondary N) is 2. The van der Waals surface area contributed by atoms with Crippen LogP contribution in [0.25, 0.3) is 0 Å². The van der Waals surface area contributed by atoms with E-state index in [2.05, 4.69) is 20.4 Å². The fraction of sp³-hybridized carbons (Fsp3) is 0.556. The van der Waals surface area contributed by atoms with Gasteiger partial charge < -0.3 is 25.0 Å². The van der Waals surface area contributed by atoms with Gasteiger partial charge in [0.1, 0.15) is 5.75 Å². The van der Waals surface area contributed by atoms with E-state index in [9.17, 15) is 13.6 Å². The van der Waals surface area contributed by atoms with Gasteiger partial charge in [-0.25, -0.2) is 4.99 Å². The first-order chi connectivity index (χ1) is 13.3. The lowest BCUT2D eigenvalue weighted by atomic mass is 10.2. The number of likely N-dealkylation sites (N-methyl/N-ethyl adjacent to an activating group) is 1. The summed E-state index contributed by atoms with van der Waals surface area (Å²) < 4.78 is 35.3. The molecule has 2 rings (SSSR count). The van der Waals surface area contributed by atoms with Crippen molar-refractivity contribution in [3.8, 4) is 5.75 Å². The lowest BCUT2D eigenvalue weighted by Gasteiger charge is -2.17. The van der Waals surface area contributed by atoms with Crippen LogP contribution in [0.4, 0.5) is 8.78 Å². The van der Waals surface area contributed by atoms with Crippen molar-refractivity contribution >= 4 is 47.4 Å². The number of hydrogen-bond donors (Lipinski definition) is 2. The van der Waals surface area contributed by atoms with Gasteiger partial charge in [0.2, 0.25) is 5.91 Å². The molecule has 1 aliphatic rings. The summed E-state index contributed by atoms with van der Waals surface area (Å²) >= 11 is 5.96. The van der Waals surface area contributed by atoms with Gasteiger partial charge in [-0.15, -0.1) is 24.0 Å². The number of guanidine groups is 1. The Morgan fingerprint density at radius 3 is 2.79 bits per heavy atom. The molecule has 1 saturated heterocycles. The first-order valence-corrected chi connectivity index (χ1v) is 9.30. The fourth-order valence-electron chi connectivity index (χ4n) is 2.55. The molecule has 1 aromatic carbocycles. The van der Waals surface area contributed by atoms with E-state index in [1.807, 2.05) is 0 Å². The number of aliphatic imine (C=N–C) groups is 1. The van der Waals surface area contributed by atoms with E-state index in [-0.39, 0.29) is 54.8 Å². The molecule has 29 heavy (non-hydrogen) atoms. The second kappa shape index (κ2) is 13.0. The average Bonchev–Trinajstić information content (AvgIpc) is 3.15. The standard InChI is InChI=1S/C18H25ClF2N4O3.HI/c1-25(2)16(26)11-24-18(23-10-14-4-3-7-27-14)22-9-12-8-13(19)5-6-15(12)28-17(20)21;/h5-6,8,14,17H,3-4,7,9-11H2,1-2H3,(H2,22,23,24);1H. The van der Waals surface area contributed by atoms with Crippen LogP contribution in [0.15, 0.2) is 23.2 Å². The third-order valence-corrected chi connectivity index (χ3v) is 4.31. The summed E-state index contributed by atoms with van der Waals surface area (Å²) in [5.41, 5.74) is 0.407. The van der Waals surface area contributed by atoms with Crippen molar-refractivity contribution in [2.75, 3.05) is 33.8 Å². The maximum Gasteiger partial charge on any atom is 0.387 e. The van der Waals surface area contributed by atoms with Gasteiger partial charge in [0, 0.05) is 37.8 Å². The number of rotatable bonds is 8. The smallest absolute Gasteiger partial charge is 0.387 e. The number of benzene rings is 1. The van der Waals surface area contributed by atoms with Gasteiger partial charge in [-0.1, -0.05) is 11.6 Å². The quantitative estimate of drug-likeness (QED) is 0.298. The Kier molecular flexibility index (Phi) is 11.5. The highest BCUT2D eigenvalue weighted by Crippen LogP contribution is 2.25. The second-order valence-electron chi connectivity index (χ2n) is 6.45. The minimum Gasteiger partial charge on any atom is -0.434 e. The summed E-state index contributed by atoms with van der Waals surface area (Å²) in [6.45, 7) is -1.61. The molecule has 1 amide bonds. The maximum atomic E-state index is 12.6. The molecule has 0 saturated carbocycles. The average molecular weight is 547 g/mol. The molecule has 0 spiro atoms. The highest BCUT2D eigenvalue weighted by atomic mass is 127. The number of halogens is 4. The van der Waals surface area contributed by atoms with Gasteiger partial charge in [0.15, 0.2) is 5.96 Å². The number of ether oxygens (including phenoxy) is 2. The molecule has 1 aliphatic heterocycles. The van der Waals surface area contributed by atoms with E-state index >= 15 is 0 Å². The lowest BCUT2D eigenvalue weighted by Crippen LogP contribution is -2.45. The van der Waals surface area contributed by atoms with E-state index < -0.39 is 6.61 Å². The molecule has 1 unspecified atom stereocenters. The fourth-order valence-corrected chi connectivity index (χ4v) is 2.75. The maximum absolute atomic E-state index is 12.6. The summed E-state index contributed by atoms with van der Waals surface area (Å²) in [6, 6.07) is 4.37. The molecule has 7 nitrogen and oxygen atoms in total. The first kappa shape index (κ1) is 25.6. The van der Waals surface area contributed by atoms with Crippen LogP contribution in [0.1, 0.15) is 18.4 Å². The zero-order chi connectivity index (χ0) is 20.5. The van der Waals surface area contributed by atoms with Crippen molar-refractivity contribution in [2.45, 2.75) is 32.1 Å². The predicted molar refractivity (Wildman–Crippen MR) is 118 cm³/mol.